The van der Waals surface area contributed by atoms with E-state index in [1.807, 2.05) is 0 Å². The van der Waals surface area contributed by atoms with Crippen LogP contribution in [0, 0.1) is 0 Å². The number of halogens is 3. The van der Waals surface area contributed by atoms with Crippen LogP contribution in [0.25, 0.3) is 5.69 Å². The van der Waals surface area contributed by atoms with Crippen LogP contribution in [0.4, 0.5) is 0 Å². The fourth-order valence-electron chi connectivity index (χ4n) is 2.95. The van der Waals surface area contributed by atoms with Crippen LogP contribution in [-0.4, -0.2) is 27.8 Å². The van der Waals surface area contributed by atoms with Gasteiger partial charge in [0.05, 0.1) is 21.3 Å². The number of carbonyl (C=O) groups excluding carboxylic acids is 1. The van der Waals surface area contributed by atoms with Crippen molar-refractivity contribution in [2.75, 3.05) is 6.54 Å². The first-order valence-electron chi connectivity index (χ1n) is 7.57. The van der Waals surface area contributed by atoms with Gasteiger partial charge in [-0.15, -0.1) is 12.4 Å². The number of nitrogens with zero attached hydrogens (tertiary/aromatic N) is 2. The van der Waals surface area contributed by atoms with Crippen molar-refractivity contribution in [3.8, 4) is 5.69 Å². The number of hydrogen-bond acceptors (Lipinski definition) is 3. The summed E-state index contributed by atoms with van der Waals surface area (Å²) < 4.78 is 1.60. The van der Waals surface area contributed by atoms with Crippen molar-refractivity contribution < 1.29 is 4.79 Å². The number of aromatic nitrogens is 2. The average Bonchev–Trinajstić information content (AvgIpc) is 3.20. The highest BCUT2D eigenvalue weighted by molar-refractivity contribution is 6.42. The second kappa shape index (κ2) is 7.74. The van der Waals surface area contributed by atoms with E-state index >= 15 is 0 Å². The van der Waals surface area contributed by atoms with E-state index in [1.165, 1.54) is 0 Å². The van der Waals surface area contributed by atoms with E-state index in [2.05, 4.69) is 10.4 Å². The number of hydrogen-bond donors (Lipinski definition) is 2. The standard InChI is InChI=1S/C16H18Cl2N4O.ClH/c17-12-4-3-11(9-13(12)18)22-8-5-14(21-22)15(23)20-16(10-19)6-1-2-7-16;/h3-5,8-9H,1-2,6-7,10,19H2,(H,20,23);1H. The number of benzene rings is 1. The molecule has 1 fully saturated rings. The summed E-state index contributed by atoms with van der Waals surface area (Å²) in [6.45, 7) is 0.451. The summed E-state index contributed by atoms with van der Waals surface area (Å²) in [5, 5.41) is 8.30. The maximum atomic E-state index is 12.4. The molecular formula is C16H19Cl3N4O. The highest BCUT2D eigenvalue weighted by Crippen LogP contribution is 2.29. The van der Waals surface area contributed by atoms with E-state index < -0.39 is 0 Å². The zero-order valence-electron chi connectivity index (χ0n) is 13.0. The Bertz CT molecular complexity index is 726. The molecule has 1 aliphatic carbocycles. The van der Waals surface area contributed by atoms with Gasteiger partial charge in [-0.25, -0.2) is 4.68 Å². The van der Waals surface area contributed by atoms with Crippen LogP contribution in [0.1, 0.15) is 36.2 Å². The van der Waals surface area contributed by atoms with Gasteiger partial charge >= 0.3 is 0 Å². The monoisotopic (exact) mass is 388 g/mol. The van der Waals surface area contributed by atoms with Gasteiger partial charge in [0.2, 0.25) is 0 Å². The lowest BCUT2D eigenvalue weighted by Gasteiger charge is -2.28. The Morgan fingerprint density at radius 3 is 2.58 bits per heavy atom. The first kappa shape index (κ1) is 19.1. The predicted octanol–water partition coefficient (Wildman–Crippen LogP) is 3.60. The molecule has 5 nitrogen and oxygen atoms in total. The Morgan fingerprint density at radius 2 is 1.96 bits per heavy atom. The molecule has 0 radical (unpaired) electrons. The second-order valence-corrected chi connectivity index (χ2v) is 6.70. The van der Waals surface area contributed by atoms with Gasteiger partial charge in [0.25, 0.3) is 5.91 Å². The molecule has 1 amide bonds. The number of amides is 1. The number of nitrogens with two attached hydrogens (primary N) is 1. The van der Waals surface area contributed by atoms with Crippen LogP contribution in [0.15, 0.2) is 30.5 Å². The summed E-state index contributed by atoms with van der Waals surface area (Å²) in [5.41, 5.74) is 6.67. The van der Waals surface area contributed by atoms with Gasteiger partial charge in [-0.3, -0.25) is 4.79 Å². The van der Waals surface area contributed by atoms with Crippen molar-refractivity contribution in [1.82, 2.24) is 15.1 Å². The van der Waals surface area contributed by atoms with E-state index in [1.54, 1.807) is 35.1 Å². The molecule has 24 heavy (non-hydrogen) atoms. The van der Waals surface area contributed by atoms with E-state index in [9.17, 15) is 4.79 Å². The Morgan fingerprint density at radius 1 is 1.25 bits per heavy atom. The van der Waals surface area contributed by atoms with Gasteiger partial charge in [-0.05, 0) is 37.1 Å². The lowest BCUT2D eigenvalue weighted by molar-refractivity contribution is 0.0897. The molecule has 1 aromatic heterocycles. The summed E-state index contributed by atoms with van der Waals surface area (Å²) in [6.07, 6.45) is 5.74. The third kappa shape index (κ3) is 3.86. The molecule has 1 saturated carbocycles. The summed E-state index contributed by atoms with van der Waals surface area (Å²) in [4.78, 5) is 12.4. The highest BCUT2D eigenvalue weighted by Gasteiger charge is 2.34. The molecule has 1 aliphatic rings. The molecule has 0 spiro atoms. The Kier molecular flexibility index (Phi) is 6.15. The fraction of sp³-hybridized carbons (Fsp3) is 0.375. The third-order valence-corrected chi connectivity index (χ3v) is 5.06. The van der Waals surface area contributed by atoms with Crippen LogP contribution in [0.3, 0.4) is 0 Å². The molecule has 0 bridgehead atoms. The topological polar surface area (TPSA) is 72.9 Å². The van der Waals surface area contributed by atoms with E-state index in [0.717, 1.165) is 31.4 Å². The second-order valence-electron chi connectivity index (χ2n) is 5.89. The Labute approximate surface area is 156 Å². The molecule has 1 heterocycles. The molecule has 2 aromatic rings. The molecule has 0 aliphatic heterocycles. The predicted molar refractivity (Wildman–Crippen MR) is 98.6 cm³/mol. The first-order valence-corrected chi connectivity index (χ1v) is 8.32. The van der Waals surface area contributed by atoms with E-state index in [0.29, 0.717) is 22.3 Å². The zero-order valence-corrected chi connectivity index (χ0v) is 15.3. The normalized spacial score (nSPS) is 15.8. The lowest BCUT2D eigenvalue weighted by atomic mass is 9.97. The molecule has 0 unspecified atom stereocenters. The minimum Gasteiger partial charge on any atom is -0.344 e. The van der Waals surface area contributed by atoms with Crippen LogP contribution < -0.4 is 11.1 Å². The molecule has 0 atom stereocenters. The van der Waals surface area contributed by atoms with Gasteiger partial charge in [0.1, 0.15) is 0 Å². The maximum absolute atomic E-state index is 12.4. The third-order valence-electron chi connectivity index (χ3n) is 4.32. The summed E-state index contributed by atoms with van der Waals surface area (Å²) >= 11 is 11.9. The van der Waals surface area contributed by atoms with Crippen molar-refractivity contribution in [3.63, 3.8) is 0 Å². The largest absolute Gasteiger partial charge is 0.344 e. The molecule has 3 N–H and O–H groups in total. The van der Waals surface area contributed by atoms with E-state index in [-0.39, 0.29) is 23.9 Å². The highest BCUT2D eigenvalue weighted by atomic mass is 35.5. The van der Waals surface area contributed by atoms with Crippen molar-refractivity contribution in [3.05, 3.63) is 46.2 Å². The van der Waals surface area contributed by atoms with Crippen LogP contribution in [0.2, 0.25) is 10.0 Å². The van der Waals surface area contributed by atoms with Crippen molar-refractivity contribution in [2.24, 2.45) is 5.73 Å². The zero-order chi connectivity index (χ0) is 16.4. The molecule has 3 rings (SSSR count). The SMILES string of the molecule is Cl.NCC1(NC(=O)c2ccn(-c3ccc(Cl)c(Cl)c3)n2)CCCC1. The van der Waals surface area contributed by atoms with Crippen molar-refractivity contribution >= 4 is 41.5 Å². The van der Waals surface area contributed by atoms with Crippen molar-refractivity contribution in [1.29, 1.82) is 0 Å². The average molecular weight is 390 g/mol. The fourth-order valence-corrected chi connectivity index (χ4v) is 3.25. The van der Waals surface area contributed by atoms with Crippen molar-refractivity contribution in [2.45, 2.75) is 31.2 Å². The molecule has 130 valence electrons. The molecule has 1 aromatic carbocycles. The Balaban J connectivity index is 0.00000208. The smallest absolute Gasteiger partial charge is 0.272 e. The summed E-state index contributed by atoms with van der Waals surface area (Å²) in [7, 11) is 0. The van der Waals surface area contributed by atoms with Gasteiger partial charge in [0.15, 0.2) is 5.69 Å². The quantitative estimate of drug-likeness (QED) is 0.839. The molecular weight excluding hydrogens is 371 g/mol. The molecule has 8 heteroatoms. The van der Waals surface area contributed by atoms with Crippen LogP contribution >= 0.6 is 35.6 Å². The summed E-state index contributed by atoms with van der Waals surface area (Å²) in [6, 6.07) is 6.87. The van der Waals surface area contributed by atoms with Gasteiger partial charge in [-0.2, -0.15) is 5.10 Å². The Hall–Kier alpha value is -1.27. The molecule has 0 saturated heterocycles. The minimum atomic E-state index is -0.287. The number of nitrogens with one attached hydrogen (secondary N) is 1. The number of rotatable bonds is 4. The van der Waals surface area contributed by atoms with Gasteiger partial charge in [0, 0.05) is 12.7 Å². The van der Waals surface area contributed by atoms with Crippen LogP contribution in [0.5, 0.6) is 0 Å². The maximum Gasteiger partial charge on any atom is 0.272 e. The summed E-state index contributed by atoms with van der Waals surface area (Å²) in [5.74, 6) is -0.198. The lowest BCUT2D eigenvalue weighted by Crippen LogP contribution is -2.51. The van der Waals surface area contributed by atoms with E-state index in [4.69, 9.17) is 28.9 Å². The minimum absolute atomic E-state index is 0. The van der Waals surface area contributed by atoms with Gasteiger partial charge < -0.3 is 11.1 Å². The van der Waals surface area contributed by atoms with Gasteiger partial charge in [-0.1, -0.05) is 36.0 Å². The van der Waals surface area contributed by atoms with Crippen LogP contribution in [-0.2, 0) is 0 Å². The number of carbonyl (C=O) groups is 1. The first-order chi connectivity index (χ1) is 11.0.